The lowest BCUT2D eigenvalue weighted by atomic mass is 9.82. The van der Waals surface area contributed by atoms with Crippen LogP contribution in [0.15, 0.2) is 42.5 Å². The number of carbonyl (C=O) groups is 2. The summed E-state index contributed by atoms with van der Waals surface area (Å²) in [6, 6.07) is 11.6. The van der Waals surface area contributed by atoms with Crippen molar-refractivity contribution in [2.45, 2.75) is 46.1 Å². The van der Waals surface area contributed by atoms with E-state index in [0.717, 1.165) is 5.56 Å². The van der Waals surface area contributed by atoms with Crippen LogP contribution in [0, 0.1) is 16.7 Å². The van der Waals surface area contributed by atoms with Crippen molar-refractivity contribution in [2.75, 3.05) is 0 Å². The number of esters is 1. The normalized spacial score (nSPS) is 14.0. The standard InChI is InChI=1S/C19H23NO3/c1-15(21)10-12-19(14-20,17(22)23-18(2,3)4)13-11-16-8-6-5-7-9-16/h5-10,12H,11,13H2,1-4H3/b12-10+/t19-/m0/s1. The molecule has 0 saturated heterocycles. The van der Waals surface area contributed by atoms with Gasteiger partial charge in [-0.1, -0.05) is 30.3 Å². The molecule has 122 valence electrons. The highest BCUT2D eigenvalue weighted by molar-refractivity contribution is 5.90. The first kappa shape index (κ1) is 18.6. The molecular weight excluding hydrogens is 290 g/mol. The second-order valence-corrected chi connectivity index (χ2v) is 6.51. The highest BCUT2D eigenvalue weighted by Crippen LogP contribution is 2.29. The number of ketones is 1. The molecule has 0 aromatic heterocycles. The van der Waals surface area contributed by atoms with E-state index in [9.17, 15) is 14.9 Å². The number of aryl methyl sites for hydroxylation is 1. The predicted octanol–water partition coefficient (Wildman–Crippen LogP) is 3.62. The molecule has 0 aliphatic heterocycles. The van der Waals surface area contributed by atoms with Gasteiger partial charge in [-0.3, -0.25) is 4.79 Å². The Bertz CT molecular complexity index is 620. The van der Waals surface area contributed by atoms with Crippen molar-refractivity contribution in [2.24, 2.45) is 5.41 Å². The summed E-state index contributed by atoms with van der Waals surface area (Å²) in [6.45, 7) is 6.63. The van der Waals surface area contributed by atoms with Gasteiger partial charge in [0.1, 0.15) is 5.60 Å². The van der Waals surface area contributed by atoms with Crippen molar-refractivity contribution >= 4 is 11.8 Å². The summed E-state index contributed by atoms with van der Waals surface area (Å²) in [5.41, 5.74) is -1.14. The molecule has 0 N–H and O–H groups in total. The molecule has 0 radical (unpaired) electrons. The Kier molecular flexibility index (Phi) is 6.27. The van der Waals surface area contributed by atoms with E-state index in [-0.39, 0.29) is 12.2 Å². The lowest BCUT2D eigenvalue weighted by Crippen LogP contribution is -2.36. The molecule has 0 bridgehead atoms. The molecule has 1 rings (SSSR count). The second-order valence-electron chi connectivity index (χ2n) is 6.51. The second kappa shape index (κ2) is 7.73. The molecular formula is C19H23NO3. The van der Waals surface area contributed by atoms with Crippen LogP contribution in [0.2, 0.25) is 0 Å². The Morgan fingerprint density at radius 2 is 1.83 bits per heavy atom. The zero-order valence-electron chi connectivity index (χ0n) is 14.1. The van der Waals surface area contributed by atoms with Crippen LogP contribution in [0.3, 0.4) is 0 Å². The van der Waals surface area contributed by atoms with E-state index in [1.165, 1.54) is 19.1 Å². The third-order valence-electron chi connectivity index (χ3n) is 3.22. The van der Waals surface area contributed by atoms with E-state index in [1.807, 2.05) is 36.4 Å². The van der Waals surface area contributed by atoms with Crippen LogP contribution in [0.4, 0.5) is 0 Å². The highest BCUT2D eigenvalue weighted by atomic mass is 16.6. The molecule has 4 nitrogen and oxygen atoms in total. The monoisotopic (exact) mass is 313 g/mol. The number of benzene rings is 1. The molecule has 0 unspecified atom stereocenters. The summed E-state index contributed by atoms with van der Waals surface area (Å²) in [5, 5.41) is 9.62. The topological polar surface area (TPSA) is 67.2 Å². The molecule has 0 fully saturated rings. The van der Waals surface area contributed by atoms with E-state index in [0.29, 0.717) is 6.42 Å². The fourth-order valence-electron chi connectivity index (χ4n) is 2.01. The zero-order chi connectivity index (χ0) is 17.5. The van der Waals surface area contributed by atoms with Gasteiger partial charge in [0.05, 0.1) is 6.07 Å². The van der Waals surface area contributed by atoms with Gasteiger partial charge in [-0.2, -0.15) is 5.26 Å². The summed E-state index contributed by atoms with van der Waals surface area (Å²) < 4.78 is 5.39. The van der Waals surface area contributed by atoms with Crippen LogP contribution in [-0.4, -0.2) is 17.4 Å². The average Bonchev–Trinajstić information content (AvgIpc) is 2.47. The first-order chi connectivity index (χ1) is 10.7. The summed E-state index contributed by atoms with van der Waals surface area (Å²) in [6.07, 6.45) is 3.42. The molecule has 0 aliphatic rings. The van der Waals surface area contributed by atoms with Crippen LogP contribution in [0.1, 0.15) is 39.7 Å². The van der Waals surface area contributed by atoms with Gasteiger partial charge >= 0.3 is 5.97 Å². The number of hydrogen-bond donors (Lipinski definition) is 0. The minimum Gasteiger partial charge on any atom is -0.459 e. The van der Waals surface area contributed by atoms with Crippen LogP contribution in [0.25, 0.3) is 0 Å². The van der Waals surface area contributed by atoms with Gasteiger partial charge in [0.15, 0.2) is 11.2 Å². The maximum Gasteiger partial charge on any atom is 0.331 e. The fourth-order valence-corrected chi connectivity index (χ4v) is 2.01. The molecule has 4 heteroatoms. The Morgan fingerprint density at radius 3 is 2.30 bits per heavy atom. The molecule has 0 amide bonds. The lowest BCUT2D eigenvalue weighted by molar-refractivity contribution is -0.161. The smallest absolute Gasteiger partial charge is 0.331 e. The molecule has 0 saturated carbocycles. The Hall–Kier alpha value is -2.41. The minimum absolute atomic E-state index is 0.215. The van der Waals surface area contributed by atoms with Crippen LogP contribution in [-0.2, 0) is 20.7 Å². The average molecular weight is 313 g/mol. The zero-order valence-corrected chi connectivity index (χ0v) is 14.1. The van der Waals surface area contributed by atoms with Gasteiger partial charge in [-0.25, -0.2) is 4.79 Å². The quantitative estimate of drug-likeness (QED) is 0.594. The summed E-state index contributed by atoms with van der Waals surface area (Å²) >= 11 is 0. The minimum atomic E-state index is -1.46. The van der Waals surface area contributed by atoms with Crippen molar-refractivity contribution in [3.8, 4) is 6.07 Å². The van der Waals surface area contributed by atoms with E-state index in [2.05, 4.69) is 0 Å². The van der Waals surface area contributed by atoms with Crippen LogP contribution < -0.4 is 0 Å². The Balaban J connectivity index is 3.06. The Morgan fingerprint density at radius 1 is 1.22 bits per heavy atom. The van der Waals surface area contributed by atoms with E-state index >= 15 is 0 Å². The number of nitrogens with zero attached hydrogens (tertiary/aromatic N) is 1. The van der Waals surface area contributed by atoms with Crippen molar-refractivity contribution in [1.29, 1.82) is 5.26 Å². The van der Waals surface area contributed by atoms with Gasteiger partial charge in [-0.15, -0.1) is 0 Å². The fraction of sp³-hybridized carbons (Fsp3) is 0.421. The SMILES string of the molecule is CC(=O)/C=C/[C@@](C#N)(CCc1ccccc1)C(=O)OC(C)(C)C. The highest BCUT2D eigenvalue weighted by Gasteiger charge is 2.39. The third-order valence-corrected chi connectivity index (χ3v) is 3.22. The number of allylic oxidation sites excluding steroid dienone is 1. The van der Waals surface area contributed by atoms with Crippen molar-refractivity contribution in [1.82, 2.24) is 0 Å². The maximum absolute atomic E-state index is 12.5. The number of hydrogen-bond acceptors (Lipinski definition) is 4. The molecule has 23 heavy (non-hydrogen) atoms. The maximum atomic E-state index is 12.5. The van der Waals surface area contributed by atoms with E-state index in [1.54, 1.807) is 20.8 Å². The summed E-state index contributed by atoms with van der Waals surface area (Å²) in [4.78, 5) is 23.8. The molecule has 0 heterocycles. The lowest BCUT2D eigenvalue weighted by Gasteiger charge is -2.27. The van der Waals surface area contributed by atoms with Gasteiger partial charge < -0.3 is 4.74 Å². The first-order valence-electron chi connectivity index (χ1n) is 7.57. The van der Waals surface area contributed by atoms with Crippen molar-refractivity contribution in [3.63, 3.8) is 0 Å². The van der Waals surface area contributed by atoms with Crippen molar-refractivity contribution in [3.05, 3.63) is 48.0 Å². The van der Waals surface area contributed by atoms with Crippen LogP contribution in [0.5, 0.6) is 0 Å². The van der Waals surface area contributed by atoms with Crippen molar-refractivity contribution < 1.29 is 14.3 Å². The predicted molar refractivity (Wildman–Crippen MR) is 88.5 cm³/mol. The van der Waals surface area contributed by atoms with E-state index < -0.39 is 17.0 Å². The molecule has 0 spiro atoms. The molecule has 0 aliphatic carbocycles. The number of ether oxygens (including phenoxy) is 1. The first-order valence-corrected chi connectivity index (χ1v) is 7.57. The number of nitriles is 1. The van der Waals surface area contributed by atoms with Gasteiger partial charge in [-0.05, 0) is 58.3 Å². The van der Waals surface area contributed by atoms with Gasteiger partial charge in [0.25, 0.3) is 0 Å². The third kappa shape index (κ3) is 6.07. The van der Waals surface area contributed by atoms with Gasteiger partial charge in [0, 0.05) is 0 Å². The van der Waals surface area contributed by atoms with Crippen LogP contribution >= 0.6 is 0 Å². The summed E-state index contributed by atoms with van der Waals surface area (Å²) in [7, 11) is 0. The van der Waals surface area contributed by atoms with E-state index in [4.69, 9.17) is 4.74 Å². The molecule has 1 aromatic carbocycles. The number of carbonyl (C=O) groups excluding carboxylic acids is 2. The molecule has 1 aromatic rings. The summed E-state index contributed by atoms with van der Waals surface area (Å²) in [5.74, 6) is -0.839. The largest absolute Gasteiger partial charge is 0.459 e. The Labute approximate surface area is 137 Å². The molecule has 1 atom stereocenters. The van der Waals surface area contributed by atoms with Gasteiger partial charge in [0.2, 0.25) is 0 Å². The number of rotatable bonds is 6.